The van der Waals surface area contributed by atoms with Gasteiger partial charge in [-0.25, -0.2) is 5.10 Å². The Bertz CT molecular complexity index is 1120. The van der Waals surface area contributed by atoms with Crippen molar-refractivity contribution in [2.24, 2.45) is 5.10 Å². The number of H-pyrrole nitrogens is 1. The van der Waals surface area contributed by atoms with Crippen LogP contribution in [0.2, 0.25) is 0 Å². The SMILES string of the molecule is Cc1ccc(-c2n[nH]c(=S)n2/N=C\c2ccc(-c3ccccc3)cc2)cc1. The summed E-state index contributed by atoms with van der Waals surface area (Å²) in [6, 6.07) is 26.7. The van der Waals surface area contributed by atoms with E-state index in [0.717, 1.165) is 11.1 Å². The predicted molar refractivity (Wildman–Crippen MR) is 112 cm³/mol. The van der Waals surface area contributed by atoms with Crippen LogP contribution in [0.5, 0.6) is 0 Å². The molecule has 0 bridgehead atoms. The maximum atomic E-state index is 5.33. The number of benzene rings is 3. The van der Waals surface area contributed by atoms with Crippen LogP contribution in [0.4, 0.5) is 0 Å². The van der Waals surface area contributed by atoms with E-state index >= 15 is 0 Å². The minimum Gasteiger partial charge on any atom is -0.250 e. The molecule has 4 nitrogen and oxygen atoms in total. The summed E-state index contributed by atoms with van der Waals surface area (Å²) in [5.74, 6) is 0.692. The number of hydrogen-bond donors (Lipinski definition) is 1. The normalized spacial score (nSPS) is 11.1. The molecule has 4 rings (SSSR count). The Morgan fingerprint density at radius 2 is 1.48 bits per heavy atom. The quantitative estimate of drug-likeness (QED) is 0.383. The van der Waals surface area contributed by atoms with E-state index in [4.69, 9.17) is 12.2 Å². The Kier molecular flexibility index (Phi) is 4.77. The Balaban J connectivity index is 1.61. The van der Waals surface area contributed by atoms with Crippen LogP contribution in [0.1, 0.15) is 11.1 Å². The van der Waals surface area contributed by atoms with E-state index in [1.165, 1.54) is 16.7 Å². The third kappa shape index (κ3) is 3.78. The van der Waals surface area contributed by atoms with Crippen molar-refractivity contribution in [3.05, 3.63) is 94.8 Å². The summed E-state index contributed by atoms with van der Waals surface area (Å²) in [6.45, 7) is 2.05. The highest BCUT2D eigenvalue weighted by atomic mass is 32.1. The first-order chi connectivity index (χ1) is 13.2. The molecule has 0 unspecified atom stereocenters. The Labute approximate surface area is 162 Å². The number of nitrogens with one attached hydrogen (secondary N) is 1. The lowest BCUT2D eigenvalue weighted by molar-refractivity contribution is 0.871. The van der Waals surface area contributed by atoms with Crippen LogP contribution in [-0.2, 0) is 0 Å². The van der Waals surface area contributed by atoms with Crippen molar-refractivity contribution in [1.82, 2.24) is 14.9 Å². The smallest absolute Gasteiger partial charge is 0.216 e. The van der Waals surface area contributed by atoms with Gasteiger partial charge in [-0.05, 0) is 35.8 Å². The molecule has 0 radical (unpaired) electrons. The molecule has 0 fully saturated rings. The lowest BCUT2D eigenvalue weighted by atomic mass is 10.0. The topological polar surface area (TPSA) is 46.0 Å². The van der Waals surface area contributed by atoms with Gasteiger partial charge in [0.25, 0.3) is 0 Å². The zero-order valence-electron chi connectivity index (χ0n) is 14.8. The molecule has 3 aromatic carbocycles. The first kappa shape index (κ1) is 17.1. The maximum absolute atomic E-state index is 5.33. The Morgan fingerprint density at radius 1 is 0.852 bits per heavy atom. The number of rotatable bonds is 4. The molecular formula is C22H18N4S. The van der Waals surface area contributed by atoms with Crippen molar-refractivity contribution < 1.29 is 0 Å². The van der Waals surface area contributed by atoms with E-state index < -0.39 is 0 Å². The van der Waals surface area contributed by atoms with Gasteiger partial charge >= 0.3 is 0 Å². The molecule has 0 saturated heterocycles. The van der Waals surface area contributed by atoms with Gasteiger partial charge in [0.2, 0.25) is 4.77 Å². The molecule has 27 heavy (non-hydrogen) atoms. The first-order valence-corrected chi connectivity index (χ1v) is 9.06. The standard InChI is InChI=1S/C22H18N4S/c1-16-7-11-20(12-8-16)21-24-25-22(27)26(21)23-15-17-9-13-19(14-10-17)18-5-3-2-4-6-18/h2-15H,1H3,(H,25,27)/b23-15-. The van der Waals surface area contributed by atoms with Crippen LogP contribution in [0.3, 0.4) is 0 Å². The molecule has 0 saturated carbocycles. The van der Waals surface area contributed by atoms with Gasteiger partial charge in [0.05, 0.1) is 6.21 Å². The molecule has 1 aromatic heterocycles. The van der Waals surface area contributed by atoms with Crippen LogP contribution in [0.25, 0.3) is 22.5 Å². The second kappa shape index (κ2) is 7.51. The minimum atomic E-state index is 0.461. The van der Waals surface area contributed by atoms with E-state index in [1.807, 2.05) is 54.6 Å². The fourth-order valence-electron chi connectivity index (χ4n) is 2.80. The molecule has 5 heteroatoms. The highest BCUT2D eigenvalue weighted by Crippen LogP contribution is 2.20. The maximum Gasteiger partial charge on any atom is 0.216 e. The second-order valence-corrected chi connectivity index (χ2v) is 6.65. The van der Waals surface area contributed by atoms with Crippen molar-refractivity contribution in [2.75, 3.05) is 0 Å². The van der Waals surface area contributed by atoms with Gasteiger partial charge in [0.15, 0.2) is 5.82 Å². The number of aromatic nitrogens is 3. The Hall–Kier alpha value is -3.31. The molecule has 1 N–H and O–H groups in total. The van der Waals surface area contributed by atoms with Gasteiger partial charge in [-0.1, -0.05) is 84.4 Å². The molecule has 0 amide bonds. The predicted octanol–water partition coefficient (Wildman–Crippen LogP) is 5.47. The lowest BCUT2D eigenvalue weighted by Gasteiger charge is -2.03. The van der Waals surface area contributed by atoms with E-state index in [0.29, 0.717) is 10.6 Å². The molecule has 0 atom stereocenters. The molecule has 0 spiro atoms. The zero-order chi connectivity index (χ0) is 18.6. The van der Waals surface area contributed by atoms with Crippen LogP contribution in [0.15, 0.2) is 84.0 Å². The summed E-state index contributed by atoms with van der Waals surface area (Å²) < 4.78 is 2.10. The summed E-state index contributed by atoms with van der Waals surface area (Å²) in [6.07, 6.45) is 1.79. The van der Waals surface area contributed by atoms with E-state index in [9.17, 15) is 0 Å². The average Bonchev–Trinajstić information content (AvgIpc) is 3.08. The van der Waals surface area contributed by atoms with Crippen molar-refractivity contribution in [2.45, 2.75) is 6.92 Å². The average molecular weight is 370 g/mol. The highest BCUT2D eigenvalue weighted by molar-refractivity contribution is 7.71. The van der Waals surface area contributed by atoms with E-state index in [2.05, 4.69) is 46.5 Å². The molecular weight excluding hydrogens is 352 g/mol. The summed E-state index contributed by atoms with van der Waals surface area (Å²) in [5.41, 5.74) is 5.52. The largest absolute Gasteiger partial charge is 0.250 e. The number of aryl methyl sites for hydroxylation is 1. The monoisotopic (exact) mass is 370 g/mol. The lowest BCUT2D eigenvalue weighted by Crippen LogP contribution is -1.95. The van der Waals surface area contributed by atoms with E-state index in [-0.39, 0.29) is 0 Å². The van der Waals surface area contributed by atoms with Crippen molar-refractivity contribution in [3.63, 3.8) is 0 Å². The Morgan fingerprint density at radius 3 is 2.19 bits per heavy atom. The van der Waals surface area contributed by atoms with Gasteiger partial charge in [-0.2, -0.15) is 14.9 Å². The molecule has 1 heterocycles. The van der Waals surface area contributed by atoms with Crippen LogP contribution < -0.4 is 0 Å². The third-order valence-corrected chi connectivity index (χ3v) is 4.56. The van der Waals surface area contributed by atoms with Gasteiger partial charge < -0.3 is 0 Å². The van der Waals surface area contributed by atoms with Gasteiger partial charge in [0, 0.05) is 5.56 Å². The summed E-state index contributed by atoms with van der Waals surface area (Å²) in [7, 11) is 0. The molecule has 0 aliphatic heterocycles. The van der Waals surface area contributed by atoms with Crippen LogP contribution >= 0.6 is 12.2 Å². The second-order valence-electron chi connectivity index (χ2n) is 6.26. The van der Waals surface area contributed by atoms with Crippen molar-refractivity contribution in [1.29, 1.82) is 0 Å². The van der Waals surface area contributed by atoms with Crippen LogP contribution in [0, 0.1) is 11.7 Å². The van der Waals surface area contributed by atoms with Crippen molar-refractivity contribution in [3.8, 4) is 22.5 Å². The fourth-order valence-corrected chi connectivity index (χ4v) is 2.98. The fraction of sp³-hybridized carbons (Fsp3) is 0.0455. The highest BCUT2D eigenvalue weighted by Gasteiger charge is 2.07. The minimum absolute atomic E-state index is 0.461. The molecule has 132 valence electrons. The zero-order valence-corrected chi connectivity index (χ0v) is 15.6. The summed E-state index contributed by atoms with van der Waals surface area (Å²) in [4.78, 5) is 0. The van der Waals surface area contributed by atoms with E-state index in [1.54, 1.807) is 10.9 Å². The van der Waals surface area contributed by atoms with Gasteiger partial charge in [-0.15, -0.1) is 0 Å². The molecule has 0 aliphatic rings. The molecule has 0 aliphatic carbocycles. The third-order valence-electron chi connectivity index (χ3n) is 4.30. The number of nitrogens with zero attached hydrogens (tertiary/aromatic N) is 3. The summed E-state index contributed by atoms with van der Waals surface area (Å²) in [5, 5.41) is 11.7. The number of aromatic amines is 1. The van der Waals surface area contributed by atoms with Gasteiger partial charge in [0.1, 0.15) is 0 Å². The van der Waals surface area contributed by atoms with Crippen molar-refractivity contribution >= 4 is 18.4 Å². The molecule has 4 aromatic rings. The van der Waals surface area contributed by atoms with Crippen LogP contribution in [-0.4, -0.2) is 21.1 Å². The summed E-state index contributed by atoms with van der Waals surface area (Å²) >= 11 is 5.33. The van der Waals surface area contributed by atoms with Gasteiger partial charge in [-0.3, -0.25) is 0 Å². The number of hydrogen-bond acceptors (Lipinski definition) is 3. The first-order valence-electron chi connectivity index (χ1n) is 8.65.